The maximum Gasteiger partial charge on any atom is 0.229 e. The second-order valence-electron chi connectivity index (χ2n) is 4.09. The van der Waals surface area contributed by atoms with Gasteiger partial charge in [-0.15, -0.1) is 0 Å². The number of nitrogens with two attached hydrogens (primary N) is 1. The quantitative estimate of drug-likeness (QED) is 0.378. The highest BCUT2D eigenvalue weighted by Gasteiger charge is 2.07. The van der Waals surface area contributed by atoms with Crippen molar-refractivity contribution in [2.45, 2.75) is 6.92 Å². The van der Waals surface area contributed by atoms with Crippen molar-refractivity contribution in [3.05, 3.63) is 47.8 Å². The Morgan fingerprint density at radius 3 is 2.53 bits per heavy atom. The normalized spacial score (nSPS) is 11.4. The molecule has 98 valence electrons. The lowest BCUT2D eigenvalue weighted by Gasteiger charge is -2.17. The van der Waals surface area contributed by atoms with Gasteiger partial charge in [0.15, 0.2) is 5.84 Å². The van der Waals surface area contributed by atoms with Crippen LogP contribution in [-0.4, -0.2) is 28.1 Å². The summed E-state index contributed by atoms with van der Waals surface area (Å²) in [5.74, 6) is 0.706. The maximum absolute atomic E-state index is 8.61. The zero-order valence-corrected chi connectivity index (χ0v) is 10.8. The van der Waals surface area contributed by atoms with Gasteiger partial charge in [0.2, 0.25) is 5.95 Å². The van der Waals surface area contributed by atoms with E-state index in [2.05, 4.69) is 15.1 Å². The van der Waals surface area contributed by atoms with Gasteiger partial charge in [-0.3, -0.25) is 0 Å². The molecule has 0 spiro atoms. The molecular weight excluding hydrogens is 242 g/mol. The van der Waals surface area contributed by atoms with E-state index in [-0.39, 0.29) is 5.84 Å². The Hall–Kier alpha value is -2.63. The van der Waals surface area contributed by atoms with Crippen LogP contribution in [0.25, 0.3) is 0 Å². The van der Waals surface area contributed by atoms with E-state index in [1.54, 1.807) is 18.3 Å². The van der Waals surface area contributed by atoms with E-state index in [0.29, 0.717) is 11.5 Å². The van der Waals surface area contributed by atoms with Crippen LogP contribution in [-0.2, 0) is 0 Å². The summed E-state index contributed by atoms with van der Waals surface area (Å²) in [6.07, 6.45) is 1.72. The Kier molecular flexibility index (Phi) is 3.61. The van der Waals surface area contributed by atoms with Gasteiger partial charge in [-0.25, -0.2) is 9.97 Å². The van der Waals surface area contributed by atoms with Crippen LogP contribution in [0.3, 0.4) is 0 Å². The van der Waals surface area contributed by atoms with Crippen molar-refractivity contribution in [1.29, 1.82) is 0 Å². The van der Waals surface area contributed by atoms with Gasteiger partial charge in [0.05, 0.1) is 0 Å². The first-order chi connectivity index (χ1) is 9.11. The highest BCUT2D eigenvalue weighted by atomic mass is 16.4. The molecule has 0 radical (unpaired) electrons. The van der Waals surface area contributed by atoms with Gasteiger partial charge in [-0.2, -0.15) is 0 Å². The molecular formula is C13H15N5O. The van der Waals surface area contributed by atoms with E-state index in [1.165, 1.54) is 0 Å². The second-order valence-corrected chi connectivity index (χ2v) is 4.09. The fourth-order valence-electron chi connectivity index (χ4n) is 1.63. The van der Waals surface area contributed by atoms with Crippen LogP contribution in [0.15, 0.2) is 41.7 Å². The van der Waals surface area contributed by atoms with Crippen molar-refractivity contribution in [3.8, 4) is 0 Å². The highest BCUT2D eigenvalue weighted by molar-refractivity contribution is 5.97. The van der Waals surface area contributed by atoms with Crippen LogP contribution in [0.2, 0.25) is 0 Å². The van der Waals surface area contributed by atoms with E-state index in [4.69, 9.17) is 10.9 Å². The molecule has 0 atom stereocenters. The summed E-state index contributed by atoms with van der Waals surface area (Å²) in [5, 5.41) is 11.6. The Labute approximate surface area is 111 Å². The number of nitrogens with zero attached hydrogens (tertiary/aromatic N) is 4. The molecule has 1 heterocycles. The van der Waals surface area contributed by atoms with Crippen molar-refractivity contribution in [1.82, 2.24) is 9.97 Å². The van der Waals surface area contributed by atoms with E-state index in [0.717, 1.165) is 11.4 Å². The van der Waals surface area contributed by atoms with Crippen molar-refractivity contribution in [2.24, 2.45) is 10.9 Å². The van der Waals surface area contributed by atoms with E-state index < -0.39 is 0 Å². The molecule has 1 aromatic heterocycles. The van der Waals surface area contributed by atoms with Gasteiger partial charge in [-0.1, -0.05) is 5.16 Å². The maximum atomic E-state index is 8.61. The summed E-state index contributed by atoms with van der Waals surface area (Å²) >= 11 is 0. The first-order valence-corrected chi connectivity index (χ1v) is 5.73. The smallest absolute Gasteiger partial charge is 0.229 e. The van der Waals surface area contributed by atoms with Crippen LogP contribution in [0.4, 0.5) is 11.6 Å². The third kappa shape index (κ3) is 2.79. The minimum Gasteiger partial charge on any atom is -0.409 e. The zero-order valence-electron chi connectivity index (χ0n) is 10.8. The van der Waals surface area contributed by atoms with Gasteiger partial charge >= 0.3 is 0 Å². The Morgan fingerprint density at radius 2 is 1.95 bits per heavy atom. The molecule has 0 unspecified atom stereocenters. The summed E-state index contributed by atoms with van der Waals surface area (Å²) < 4.78 is 0. The number of hydrogen-bond acceptors (Lipinski definition) is 5. The van der Waals surface area contributed by atoms with Gasteiger partial charge in [0.1, 0.15) is 0 Å². The topological polar surface area (TPSA) is 87.6 Å². The van der Waals surface area contributed by atoms with Crippen molar-refractivity contribution < 1.29 is 5.21 Å². The summed E-state index contributed by atoms with van der Waals surface area (Å²) in [7, 11) is 1.88. The first-order valence-electron chi connectivity index (χ1n) is 5.73. The molecule has 0 aliphatic carbocycles. The predicted octanol–water partition coefficient (Wildman–Crippen LogP) is 1.65. The summed E-state index contributed by atoms with van der Waals surface area (Å²) in [6, 6.07) is 9.12. The fraction of sp³-hybridized carbons (Fsp3) is 0.154. The van der Waals surface area contributed by atoms with Gasteiger partial charge in [0, 0.05) is 30.2 Å². The first kappa shape index (κ1) is 12.8. The van der Waals surface area contributed by atoms with E-state index in [1.807, 2.05) is 37.1 Å². The lowest BCUT2D eigenvalue weighted by atomic mass is 10.2. The second kappa shape index (κ2) is 5.34. The molecule has 3 N–H and O–H groups in total. The molecule has 2 aromatic rings. The Balaban J connectivity index is 2.27. The zero-order chi connectivity index (χ0) is 13.8. The summed E-state index contributed by atoms with van der Waals surface area (Å²) in [6.45, 7) is 1.92. The third-order valence-electron chi connectivity index (χ3n) is 2.74. The highest BCUT2D eigenvalue weighted by Crippen LogP contribution is 2.20. The van der Waals surface area contributed by atoms with Crippen LogP contribution >= 0.6 is 0 Å². The van der Waals surface area contributed by atoms with Crippen LogP contribution in [0.5, 0.6) is 0 Å². The molecule has 2 rings (SSSR count). The average molecular weight is 257 g/mol. The third-order valence-corrected chi connectivity index (χ3v) is 2.74. The molecule has 6 nitrogen and oxygen atoms in total. The van der Waals surface area contributed by atoms with Crippen LogP contribution in [0.1, 0.15) is 11.3 Å². The van der Waals surface area contributed by atoms with Crippen molar-refractivity contribution >= 4 is 17.5 Å². The molecule has 0 bridgehead atoms. The Bertz CT molecular complexity index is 594. The summed E-state index contributed by atoms with van der Waals surface area (Å²) in [5.41, 5.74) is 7.99. The molecule has 0 aliphatic heterocycles. The molecule has 1 aromatic carbocycles. The number of anilines is 2. The van der Waals surface area contributed by atoms with E-state index >= 15 is 0 Å². The van der Waals surface area contributed by atoms with E-state index in [9.17, 15) is 0 Å². The van der Waals surface area contributed by atoms with Crippen molar-refractivity contribution in [2.75, 3.05) is 11.9 Å². The van der Waals surface area contributed by atoms with Gasteiger partial charge in [-0.05, 0) is 37.3 Å². The van der Waals surface area contributed by atoms with Gasteiger partial charge in [0.25, 0.3) is 0 Å². The molecule has 0 aliphatic rings. The molecule has 19 heavy (non-hydrogen) atoms. The molecule has 6 heteroatoms. The predicted molar refractivity (Wildman–Crippen MR) is 73.8 cm³/mol. The molecule has 0 saturated carbocycles. The Morgan fingerprint density at radius 1 is 1.26 bits per heavy atom. The number of aryl methyl sites for hydroxylation is 1. The molecule has 0 amide bonds. The number of aromatic nitrogens is 2. The van der Waals surface area contributed by atoms with Crippen molar-refractivity contribution in [3.63, 3.8) is 0 Å². The van der Waals surface area contributed by atoms with Gasteiger partial charge < -0.3 is 15.8 Å². The molecule has 0 fully saturated rings. The number of hydrogen-bond donors (Lipinski definition) is 2. The minimum absolute atomic E-state index is 0.0843. The number of rotatable bonds is 3. The summed E-state index contributed by atoms with van der Waals surface area (Å²) in [4.78, 5) is 10.4. The largest absolute Gasteiger partial charge is 0.409 e. The minimum atomic E-state index is 0.0843. The number of oxime groups is 1. The number of amidine groups is 1. The lowest BCUT2D eigenvalue weighted by molar-refractivity contribution is 0.318. The SMILES string of the molecule is Cc1ccnc(N(C)c2ccc(C(N)=NO)cc2)n1. The number of benzene rings is 1. The monoisotopic (exact) mass is 257 g/mol. The van der Waals surface area contributed by atoms with Crippen LogP contribution in [0, 0.1) is 6.92 Å². The molecule has 0 saturated heterocycles. The standard InChI is InChI=1S/C13H15N5O/c1-9-7-8-15-13(16-9)18(2)11-5-3-10(4-6-11)12(14)17-19/h3-8,19H,1-2H3,(H2,14,17). The average Bonchev–Trinajstić information content (AvgIpc) is 2.46. The van der Waals surface area contributed by atoms with Crippen LogP contribution < -0.4 is 10.6 Å². The lowest BCUT2D eigenvalue weighted by Crippen LogP contribution is -2.15. The fourth-order valence-corrected chi connectivity index (χ4v) is 1.63.